The summed E-state index contributed by atoms with van der Waals surface area (Å²) in [7, 11) is 3.28. The van der Waals surface area contributed by atoms with Gasteiger partial charge in [0.2, 0.25) is 0 Å². The van der Waals surface area contributed by atoms with Crippen LogP contribution in [0.4, 0.5) is 5.69 Å². The second-order valence-corrected chi connectivity index (χ2v) is 3.65. The summed E-state index contributed by atoms with van der Waals surface area (Å²) in [6.07, 6.45) is 1.91. The van der Waals surface area contributed by atoms with Crippen molar-refractivity contribution in [1.29, 1.82) is 0 Å². The topological polar surface area (TPSA) is 46.3 Å². The molecular formula is C13H16N2O2. The fraction of sp³-hybridized carbons (Fsp3) is 0.231. The predicted molar refractivity (Wildman–Crippen MR) is 67.7 cm³/mol. The maximum atomic E-state index is 5.21. The van der Waals surface area contributed by atoms with E-state index in [-0.39, 0.29) is 0 Å². The molecule has 0 atom stereocenters. The van der Waals surface area contributed by atoms with E-state index in [9.17, 15) is 0 Å². The van der Waals surface area contributed by atoms with Gasteiger partial charge in [-0.05, 0) is 12.1 Å². The van der Waals surface area contributed by atoms with Crippen LogP contribution in [0.25, 0.3) is 0 Å². The number of H-pyrrole nitrogens is 1. The van der Waals surface area contributed by atoms with Gasteiger partial charge in [-0.1, -0.05) is 0 Å². The van der Waals surface area contributed by atoms with Gasteiger partial charge in [-0.2, -0.15) is 0 Å². The van der Waals surface area contributed by atoms with Crippen molar-refractivity contribution in [3.8, 4) is 11.5 Å². The largest absolute Gasteiger partial charge is 0.497 e. The zero-order valence-electron chi connectivity index (χ0n) is 9.99. The minimum atomic E-state index is 0.739. The Morgan fingerprint density at radius 3 is 2.35 bits per heavy atom. The second kappa shape index (κ2) is 5.30. The molecule has 0 fully saturated rings. The van der Waals surface area contributed by atoms with Gasteiger partial charge in [-0.25, -0.2) is 0 Å². The van der Waals surface area contributed by atoms with E-state index in [1.807, 2.05) is 36.5 Å². The first kappa shape index (κ1) is 11.4. The minimum absolute atomic E-state index is 0.739. The molecule has 1 heterocycles. The molecule has 0 aliphatic heterocycles. The van der Waals surface area contributed by atoms with E-state index in [1.165, 1.54) is 0 Å². The average molecular weight is 232 g/mol. The minimum Gasteiger partial charge on any atom is -0.497 e. The molecule has 4 heteroatoms. The van der Waals surface area contributed by atoms with Gasteiger partial charge in [-0.15, -0.1) is 0 Å². The monoisotopic (exact) mass is 232 g/mol. The summed E-state index contributed by atoms with van der Waals surface area (Å²) in [4.78, 5) is 3.14. The molecule has 1 aromatic carbocycles. The van der Waals surface area contributed by atoms with Gasteiger partial charge >= 0.3 is 0 Å². The summed E-state index contributed by atoms with van der Waals surface area (Å²) in [5, 5.41) is 3.31. The first-order chi connectivity index (χ1) is 8.31. The van der Waals surface area contributed by atoms with Crippen LogP contribution in [0.2, 0.25) is 0 Å². The van der Waals surface area contributed by atoms with Crippen LogP contribution in [0.15, 0.2) is 36.5 Å². The number of hydrogen-bond donors (Lipinski definition) is 2. The van der Waals surface area contributed by atoms with Crippen LogP contribution in [0.5, 0.6) is 11.5 Å². The lowest BCUT2D eigenvalue weighted by Crippen LogP contribution is -2.00. The van der Waals surface area contributed by atoms with Gasteiger partial charge in [0, 0.05) is 35.8 Å². The molecule has 2 N–H and O–H groups in total. The lowest BCUT2D eigenvalue weighted by Gasteiger charge is -2.10. The Morgan fingerprint density at radius 2 is 1.82 bits per heavy atom. The molecule has 0 spiro atoms. The molecular weight excluding hydrogens is 216 g/mol. The van der Waals surface area contributed by atoms with Crippen molar-refractivity contribution in [3.63, 3.8) is 0 Å². The Hall–Kier alpha value is -2.10. The Kier molecular flexibility index (Phi) is 3.55. The molecule has 0 aliphatic rings. The second-order valence-electron chi connectivity index (χ2n) is 3.65. The van der Waals surface area contributed by atoms with Crippen LogP contribution in [0, 0.1) is 0 Å². The normalized spacial score (nSPS) is 10.0. The molecule has 0 radical (unpaired) electrons. The van der Waals surface area contributed by atoms with E-state index in [0.717, 1.165) is 29.4 Å². The Morgan fingerprint density at radius 1 is 1.12 bits per heavy atom. The third kappa shape index (κ3) is 2.93. The van der Waals surface area contributed by atoms with Crippen LogP contribution in [-0.2, 0) is 6.54 Å². The highest BCUT2D eigenvalue weighted by Crippen LogP contribution is 2.25. The van der Waals surface area contributed by atoms with Crippen molar-refractivity contribution in [3.05, 3.63) is 42.2 Å². The number of anilines is 1. The number of aromatic amines is 1. The SMILES string of the molecule is COc1cc(NCc2ccc[nH]2)cc(OC)c1. The van der Waals surface area contributed by atoms with Crippen molar-refractivity contribution < 1.29 is 9.47 Å². The number of ether oxygens (including phenoxy) is 2. The van der Waals surface area contributed by atoms with Gasteiger partial charge in [0.25, 0.3) is 0 Å². The third-order valence-electron chi connectivity index (χ3n) is 2.50. The van der Waals surface area contributed by atoms with Gasteiger partial charge in [0.05, 0.1) is 20.8 Å². The van der Waals surface area contributed by atoms with Crippen LogP contribution in [0.1, 0.15) is 5.69 Å². The van der Waals surface area contributed by atoms with E-state index in [2.05, 4.69) is 10.3 Å². The lowest BCUT2D eigenvalue weighted by atomic mass is 10.2. The number of hydrogen-bond acceptors (Lipinski definition) is 3. The van der Waals surface area contributed by atoms with E-state index in [1.54, 1.807) is 14.2 Å². The molecule has 0 saturated heterocycles. The maximum Gasteiger partial charge on any atom is 0.124 e. The highest BCUT2D eigenvalue weighted by Gasteiger charge is 2.01. The number of methoxy groups -OCH3 is 2. The Labute approximate surface area is 101 Å². The molecule has 1 aromatic heterocycles. The third-order valence-corrected chi connectivity index (χ3v) is 2.50. The van der Waals surface area contributed by atoms with Crippen LogP contribution >= 0.6 is 0 Å². The fourth-order valence-electron chi connectivity index (χ4n) is 1.58. The molecule has 4 nitrogen and oxygen atoms in total. The number of rotatable bonds is 5. The average Bonchev–Trinajstić information content (AvgIpc) is 2.89. The standard InChI is InChI=1S/C13H16N2O2/c1-16-12-6-11(7-13(8-12)17-2)15-9-10-4-3-5-14-10/h3-8,14-15H,9H2,1-2H3. The smallest absolute Gasteiger partial charge is 0.124 e. The summed E-state index contributed by atoms with van der Waals surface area (Å²) in [6.45, 7) is 0.739. The fourth-order valence-corrected chi connectivity index (χ4v) is 1.58. The van der Waals surface area contributed by atoms with Gasteiger partial charge < -0.3 is 19.8 Å². The lowest BCUT2D eigenvalue weighted by molar-refractivity contribution is 0.394. The summed E-state index contributed by atoms with van der Waals surface area (Å²) < 4.78 is 10.4. The van der Waals surface area contributed by atoms with E-state index >= 15 is 0 Å². The zero-order valence-corrected chi connectivity index (χ0v) is 9.99. The van der Waals surface area contributed by atoms with Crippen LogP contribution in [-0.4, -0.2) is 19.2 Å². The van der Waals surface area contributed by atoms with Crippen molar-refractivity contribution in [2.75, 3.05) is 19.5 Å². The molecule has 2 aromatic rings. The van der Waals surface area contributed by atoms with Gasteiger partial charge in [0.1, 0.15) is 11.5 Å². The van der Waals surface area contributed by atoms with Crippen LogP contribution in [0.3, 0.4) is 0 Å². The molecule has 0 bridgehead atoms. The van der Waals surface area contributed by atoms with Crippen molar-refractivity contribution >= 4 is 5.69 Å². The summed E-state index contributed by atoms with van der Waals surface area (Å²) in [6, 6.07) is 9.73. The van der Waals surface area contributed by atoms with Gasteiger partial charge in [0.15, 0.2) is 0 Å². The Balaban J connectivity index is 2.09. The molecule has 0 aliphatic carbocycles. The summed E-state index contributed by atoms with van der Waals surface area (Å²) in [5.74, 6) is 1.55. The molecule has 0 unspecified atom stereocenters. The van der Waals surface area contributed by atoms with E-state index in [4.69, 9.17) is 9.47 Å². The first-order valence-electron chi connectivity index (χ1n) is 5.41. The quantitative estimate of drug-likeness (QED) is 0.833. The Bertz CT molecular complexity index is 444. The number of nitrogens with one attached hydrogen (secondary N) is 2. The molecule has 0 amide bonds. The highest BCUT2D eigenvalue weighted by atomic mass is 16.5. The highest BCUT2D eigenvalue weighted by molar-refractivity contribution is 5.53. The van der Waals surface area contributed by atoms with E-state index < -0.39 is 0 Å². The summed E-state index contributed by atoms with van der Waals surface area (Å²) >= 11 is 0. The molecule has 2 rings (SSSR count). The number of aromatic nitrogens is 1. The van der Waals surface area contributed by atoms with Crippen molar-refractivity contribution in [1.82, 2.24) is 4.98 Å². The molecule has 90 valence electrons. The zero-order chi connectivity index (χ0) is 12.1. The van der Waals surface area contributed by atoms with E-state index in [0.29, 0.717) is 0 Å². The van der Waals surface area contributed by atoms with Crippen LogP contribution < -0.4 is 14.8 Å². The molecule has 0 saturated carbocycles. The molecule has 17 heavy (non-hydrogen) atoms. The maximum absolute atomic E-state index is 5.21. The number of benzene rings is 1. The van der Waals surface area contributed by atoms with Crippen molar-refractivity contribution in [2.24, 2.45) is 0 Å². The van der Waals surface area contributed by atoms with Crippen molar-refractivity contribution in [2.45, 2.75) is 6.54 Å². The first-order valence-corrected chi connectivity index (χ1v) is 5.41. The summed E-state index contributed by atoms with van der Waals surface area (Å²) in [5.41, 5.74) is 2.10. The van der Waals surface area contributed by atoms with Gasteiger partial charge in [-0.3, -0.25) is 0 Å². The predicted octanol–water partition coefficient (Wildman–Crippen LogP) is 2.64.